The lowest BCUT2D eigenvalue weighted by atomic mass is 9.79. The average Bonchev–Trinajstić information content (AvgIpc) is 2.54. The summed E-state index contributed by atoms with van der Waals surface area (Å²) >= 11 is 0. The number of aromatic nitrogens is 1. The number of hydrogen-bond acceptors (Lipinski definition) is 2. The van der Waals surface area contributed by atoms with Crippen LogP contribution in [0.2, 0.25) is 0 Å². The largest absolute Gasteiger partial charge is 0.325 e. The van der Waals surface area contributed by atoms with E-state index in [9.17, 15) is 4.79 Å². The molecule has 1 amide bonds. The van der Waals surface area contributed by atoms with Gasteiger partial charge in [-0.15, -0.1) is 0 Å². The van der Waals surface area contributed by atoms with Crippen LogP contribution in [0.1, 0.15) is 64.4 Å². The zero-order chi connectivity index (χ0) is 15.1. The molecule has 1 aromatic rings. The van der Waals surface area contributed by atoms with Gasteiger partial charge in [-0.2, -0.15) is 0 Å². The van der Waals surface area contributed by atoms with Crippen LogP contribution in [0.3, 0.4) is 0 Å². The Bertz CT molecular complexity index is 450. The van der Waals surface area contributed by atoms with Gasteiger partial charge in [-0.1, -0.05) is 33.1 Å². The lowest BCUT2D eigenvalue weighted by Gasteiger charge is -2.28. The monoisotopic (exact) mass is 288 g/mol. The number of carbonyl (C=O) groups is 1. The van der Waals surface area contributed by atoms with Gasteiger partial charge in [0.25, 0.3) is 0 Å². The minimum absolute atomic E-state index is 0.195. The van der Waals surface area contributed by atoms with Crippen LogP contribution in [-0.4, -0.2) is 10.9 Å². The van der Waals surface area contributed by atoms with Crippen molar-refractivity contribution in [1.29, 1.82) is 0 Å². The highest BCUT2D eigenvalue weighted by Crippen LogP contribution is 2.32. The van der Waals surface area contributed by atoms with Crippen LogP contribution >= 0.6 is 0 Å². The van der Waals surface area contributed by atoms with E-state index in [1.165, 1.54) is 32.1 Å². The van der Waals surface area contributed by atoms with Crippen LogP contribution in [0.15, 0.2) is 18.5 Å². The van der Waals surface area contributed by atoms with Crippen LogP contribution < -0.4 is 5.32 Å². The minimum Gasteiger partial charge on any atom is -0.325 e. The number of carbonyl (C=O) groups excluding carboxylic acids is 1. The molecule has 0 radical (unpaired) electrons. The molecule has 1 aromatic heterocycles. The molecular formula is C18H28N2O. The SMILES string of the molecule is CCCCC1CCC(C(=O)Nc2ccncc2CC)CC1. The highest BCUT2D eigenvalue weighted by atomic mass is 16.1. The molecule has 0 spiro atoms. The van der Waals surface area contributed by atoms with Gasteiger partial charge in [0, 0.05) is 24.0 Å². The number of aryl methyl sites for hydroxylation is 1. The van der Waals surface area contributed by atoms with Gasteiger partial charge in [0.05, 0.1) is 0 Å². The van der Waals surface area contributed by atoms with Crippen molar-refractivity contribution in [2.45, 2.75) is 65.2 Å². The molecule has 0 bridgehead atoms. The molecular weight excluding hydrogens is 260 g/mol. The van der Waals surface area contributed by atoms with Gasteiger partial charge in [-0.05, 0) is 49.7 Å². The molecule has 2 rings (SSSR count). The Hall–Kier alpha value is -1.38. The van der Waals surface area contributed by atoms with E-state index in [1.807, 2.05) is 12.3 Å². The molecule has 21 heavy (non-hydrogen) atoms. The van der Waals surface area contributed by atoms with Crippen molar-refractivity contribution in [3.05, 3.63) is 24.0 Å². The number of hydrogen-bond donors (Lipinski definition) is 1. The second-order valence-electron chi connectivity index (χ2n) is 6.24. The van der Waals surface area contributed by atoms with Crippen molar-refractivity contribution in [3.63, 3.8) is 0 Å². The first-order chi connectivity index (χ1) is 10.2. The van der Waals surface area contributed by atoms with Crippen molar-refractivity contribution >= 4 is 11.6 Å². The van der Waals surface area contributed by atoms with Crippen LogP contribution in [0, 0.1) is 11.8 Å². The highest BCUT2D eigenvalue weighted by Gasteiger charge is 2.26. The summed E-state index contributed by atoms with van der Waals surface area (Å²) in [7, 11) is 0. The molecule has 116 valence electrons. The summed E-state index contributed by atoms with van der Waals surface area (Å²) < 4.78 is 0. The minimum atomic E-state index is 0.195. The van der Waals surface area contributed by atoms with Crippen molar-refractivity contribution in [2.75, 3.05) is 5.32 Å². The molecule has 1 aliphatic carbocycles. The molecule has 3 nitrogen and oxygen atoms in total. The predicted octanol–water partition coefficient (Wildman–Crippen LogP) is 4.58. The fraction of sp³-hybridized carbons (Fsp3) is 0.667. The van der Waals surface area contributed by atoms with Crippen LogP contribution in [0.25, 0.3) is 0 Å². The fourth-order valence-electron chi connectivity index (χ4n) is 3.27. The Kier molecular flexibility index (Phi) is 6.21. The first-order valence-corrected chi connectivity index (χ1v) is 8.48. The quantitative estimate of drug-likeness (QED) is 0.832. The van der Waals surface area contributed by atoms with Gasteiger partial charge in [-0.3, -0.25) is 9.78 Å². The van der Waals surface area contributed by atoms with Gasteiger partial charge >= 0.3 is 0 Å². The number of anilines is 1. The molecule has 0 aromatic carbocycles. The number of rotatable bonds is 6. The van der Waals surface area contributed by atoms with Gasteiger partial charge in [-0.25, -0.2) is 0 Å². The maximum absolute atomic E-state index is 12.4. The number of nitrogens with zero attached hydrogens (tertiary/aromatic N) is 1. The third kappa shape index (κ3) is 4.55. The lowest BCUT2D eigenvalue weighted by molar-refractivity contribution is -0.121. The van der Waals surface area contributed by atoms with Crippen molar-refractivity contribution < 1.29 is 4.79 Å². The Morgan fingerprint density at radius 1 is 1.29 bits per heavy atom. The van der Waals surface area contributed by atoms with E-state index in [2.05, 4.69) is 24.1 Å². The molecule has 1 N–H and O–H groups in total. The highest BCUT2D eigenvalue weighted by molar-refractivity contribution is 5.93. The van der Waals surface area contributed by atoms with E-state index in [-0.39, 0.29) is 11.8 Å². The molecule has 1 fully saturated rings. The molecule has 0 atom stereocenters. The van der Waals surface area contributed by atoms with E-state index in [0.717, 1.165) is 36.4 Å². The summed E-state index contributed by atoms with van der Waals surface area (Å²) in [5, 5.41) is 3.11. The molecule has 0 unspecified atom stereocenters. The van der Waals surface area contributed by atoms with Gasteiger partial charge < -0.3 is 5.32 Å². The predicted molar refractivity (Wildman–Crippen MR) is 87.2 cm³/mol. The maximum Gasteiger partial charge on any atom is 0.227 e. The van der Waals surface area contributed by atoms with Crippen molar-refractivity contribution in [1.82, 2.24) is 4.98 Å². The van der Waals surface area contributed by atoms with Crippen LogP contribution in [0.4, 0.5) is 5.69 Å². The van der Waals surface area contributed by atoms with E-state index in [1.54, 1.807) is 6.20 Å². The maximum atomic E-state index is 12.4. The Morgan fingerprint density at radius 2 is 2.05 bits per heavy atom. The second kappa shape index (κ2) is 8.16. The zero-order valence-corrected chi connectivity index (χ0v) is 13.4. The number of nitrogens with one attached hydrogen (secondary N) is 1. The third-order valence-electron chi connectivity index (χ3n) is 4.73. The smallest absolute Gasteiger partial charge is 0.227 e. The van der Waals surface area contributed by atoms with E-state index >= 15 is 0 Å². The van der Waals surface area contributed by atoms with E-state index < -0.39 is 0 Å². The average molecular weight is 288 g/mol. The Labute approximate surface area is 128 Å². The van der Waals surface area contributed by atoms with Crippen LogP contribution in [-0.2, 0) is 11.2 Å². The summed E-state index contributed by atoms with van der Waals surface area (Å²) in [4.78, 5) is 16.5. The van der Waals surface area contributed by atoms with E-state index in [0.29, 0.717) is 0 Å². The molecule has 0 saturated heterocycles. The first-order valence-electron chi connectivity index (χ1n) is 8.48. The summed E-state index contributed by atoms with van der Waals surface area (Å²) in [6, 6.07) is 1.91. The summed E-state index contributed by atoms with van der Waals surface area (Å²) in [5.41, 5.74) is 2.05. The van der Waals surface area contributed by atoms with Crippen molar-refractivity contribution in [3.8, 4) is 0 Å². The zero-order valence-electron chi connectivity index (χ0n) is 13.4. The Morgan fingerprint density at radius 3 is 2.71 bits per heavy atom. The number of amides is 1. The molecule has 1 heterocycles. The topological polar surface area (TPSA) is 42.0 Å². The molecule has 1 saturated carbocycles. The van der Waals surface area contributed by atoms with Gasteiger partial charge in [0.1, 0.15) is 0 Å². The molecule has 1 aliphatic rings. The van der Waals surface area contributed by atoms with Crippen LogP contribution in [0.5, 0.6) is 0 Å². The van der Waals surface area contributed by atoms with Crippen molar-refractivity contribution in [2.24, 2.45) is 11.8 Å². The number of unbranched alkanes of at least 4 members (excludes halogenated alkanes) is 1. The lowest BCUT2D eigenvalue weighted by Crippen LogP contribution is -2.27. The normalized spacial score (nSPS) is 22.0. The summed E-state index contributed by atoms with van der Waals surface area (Å²) in [6.07, 6.45) is 13.0. The Balaban J connectivity index is 1.85. The first kappa shape index (κ1) is 16.0. The third-order valence-corrected chi connectivity index (χ3v) is 4.73. The van der Waals surface area contributed by atoms with Gasteiger partial charge in [0.15, 0.2) is 0 Å². The fourth-order valence-corrected chi connectivity index (χ4v) is 3.27. The summed E-state index contributed by atoms with van der Waals surface area (Å²) in [6.45, 7) is 4.34. The number of pyridine rings is 1. The second-order valence-corrected chi connectivity index (χ2v) is 6.24. The molecule has 0 aliphatic heterocycles. The van der Waals surface area contributed by atoms with Gasteiger partial charge in [0.2, 0.25) is 5.91 Å². The summed E-state index contributed by atoms with van der Waals surface area (Å²) in [5.74, 6) is 1.24. The molecule has 3 heteroatoms. The van der Waals surface area contributed by atoms with E-state index in [4.69, 9.17) is 0 Å². The standard InChI is InChI=1S/C18H28N2O/c1-3-5-6-14-7-9-16(10-8-14)18(21)20-17-11-12-19-13-15(17)4-2/h11-14,16H,3-10H2,1-2H3,(H,19,20,21).